The molecule has 1 aromatic carbocycles. The fourth-order valence-corrected chi connectivity index (χ4v) is 6.44. The summed E-state index contributed by atoms with van der Waals surface area (Å²) in [7, 11) is -3.71. The minimum Gasteiger partial charge on any atom is -0.395 e. The van der Waals surface area contributed by atoms with E-state index in [0.29, 0.717) is 52.0 Å². The highest BCUT2D eigenvalue weighted by Crippen LogP contribution is 2.58. The first-order valence-corrected chi connectivity index (χ1v) is 14.4. The Labute approximate surface area is 217 Å². The van der Waals surface area contributed by atoms with Crippen molar-refractivity contribution in [2.45, 2.75) is 38.5 Å². The Morgan fingerprint density at radius 3 is 2.81 bits per heavy atom. The Morgan fingerprint density at radius 2 is 2.05 bits per heavy atom. The Bertz CT molecular complexity index is 1340. The van der Waals surface area contributed by atoms with E-state index in [-0.39, 0.29) is 5.91 Å². The molecule has 5 rings (SSSR count). The number of hydrogen-bond donors (Lipinski definition) is 4. The number of sulfonamides is 1. The number of anilines is 4. The van der Waals surface area contributed by atoms with Crippen LogP contribution in [0.5, 0.6) is 0 Å². The lowest BCUT2D eigenvalue weighted by atomic mass is 9.79. The summed E-state index contributed by atoms with van der Waals surface area (Å²) in [4.78, 5) is 20.1. The summed E-state index contributed by atoms with van der Waals surface area (Å²) >= 11 is 0. The molecule has 196 valence electrons. The SMILES string of the molecule is N#Cc1ccc2nc1NCCCC[C@H]1CN(CCC13CC3)c1cc(NS(=O)(=O)CCO)ccc1C(=O)N2. The van der Waals surface area contributed by atoms with Crippen LogP contribution in [0, 0.1) is 22.7 Å². The first kappa shape index (κ1) is 25.3. The van der Waals surface area contributed by atoms with Crippen molar-refractivity contribution in [1.82, 2.24) is 4.98 Å². The van der Waals surface area contributed by atoms with Gasteiger partial charge in [-0.05, 0) is 73.8 Å². The van der Waals surface area contributed by atoms with E-state index in [1.165, 1.54) is 12.8 Å². The largest absolute Gasteiger partial charge is 0.395 e. The van der Waals surface area contributed by atoms with Gasteiger partial charge in [-0.1, -0.05) is 6.42 Å². The normalized spacial score (nSPS) is 20.9. The number of aliphatic hydroxyl groups is 1. The van der Waals surface area contributed by atoms with E-state index in [9.17, 15) is 18.5 Å². The monoisotopic (exact) mass is 524 g/mol. The molecule has 4 bridgehead atoms. The molecule has 2 aromatic rings. The molecule has 10 nitrogen and oxygen atoms in total. The zero-order chi connectivity index (χ0) is 26.0. The van der Waals surface area contributed by atoms with Crippen LogP contribution in [0.15, 0.2) is 30.3 Å². The molecule has 1 amide bonds. The standard InChI is InChI=1S/C26H32N6O4S/c27-16-18-4-7-23-29-24(18)28-11-2-1-3-19-17-32(12-10-26(19)8-9-26)22-15-20(31-37(35,36)14-13-33)5-6-21(22)25(34)30-23/h4-7,15,19,31,33H,1-3,8-14,17H2,(H2,28,29,30,34)/t19-/m0/s1. The van der Waals surface area contributed by atoms with Gasteiger partial charge in [0, 0.05) is 19.6 Å². The van der Waals surface area contributed by atoms with Gasteiger partial charge >= 0.3 is 0 Å². The van der Waals surface area contributed by atoms with Crippen LogP contribution in [0.4, 0.5) is 23.0 Å². The van der Waals surface area contributed by atoms with Crippen molar-refractivity contribution < 1.29 is 18.3 Å². The summed E-state index contributed by atoms with van der Waals surface area (Å²) in [6.07, 6.45) is 6.58. The van der Waals surface area contributed by atoms with Crippen LogP contribution < -0.4 is 20.3 Å². The van der Waals surface area contributed by atoms with E-state index in [1.54, 1.807) is 30.3 Å². The van der Waals surface area contributed by atoms with Crippen molar-refractivity contribution >= 4 is 38.9 Å². The van der Waals surface area contributed by atoms with Gasteiger partial charge in [0.2, 0.25) is 10.0 Å². The van der Waals surface area contributed by atoms with Gasteiger partial charge in [-0.25, -0.2) is 13.4 Å². The van der Waals surface area contributed by atoms with Crippen LogP contribution in [0.1, 0.15) is 54.4 Å². The number of carbonyl (C=O) groups is 1. The number of carbonyl (C=O) groups excluding carboxylic acids is 1. The molecule has 3 aliphatic rings. The van der Waals surface area contributed by atoms with Gasteiger partial charge in [0.05, 0.1) is 34.9 Å². The summed E-state index contributed by atoms with van der Waals surface area (Å²) in [5.41, 5.74) is 2.24. The summed E-state index contributed by atoms with van der Waals surface area (Å²) in [6.45, 7) is 1.82. The fraction of sp³-hybridized carbons (Fsp3) is 0.500. The second-order valence-corrected chi connectivity index (χ2v) is 12.1. The van der Waals surface area contributed by atoms with Crippen LogP contribution in [-0.4, -0.2) is 56.4 Å². The first-order chi connectivity index (χ1) is 17.8. The Hall–Kier alpha value is -3.36. The Morgan fingerprint density at radius 1 is 1.22 bits per heavy atom. The number of nitrogens with zero attached hydrogens (tertiary/aromatic N) is 3. The van der Waals surface area contributed by atoms with Gasteiger partial charge in [-0.3, -0.25) is 9.52 Å². The molecule has 4 N–H and O–H groups in total. The Balaban J connectivity index is 1.53. The lowest BCUT2D eigenvalue weighted by Crippen LogP contribution is -2.42. The van der Waals surface area contributed by atoms with Crippen molar-refractivity contribution in [1.29, 1.82) is 5.26 Å². The number of nitrogens with one attached hydrogen (secondary N) is 3. The molecule has 1 saturated heterocycles. The molecule has 0 radical (unpaired) electrons. The maximum atomic E-state index is 13.5. The van der Waals surface area contributed by atoms with Crippen molar-refractivity contribution in [2.24, 2.45) is 11.3 Å². The van der Waals surface area contributed by atoms with Crippen LogP contribution in [0.2, 0.25) is 0 Å². The highest BCUT2D eigenvalue weighted by Gasteiger charge is 2.51. The molecule has 1 aromatic heterocycles. The predicted molar refractivity (Wildman–Crippen MR) is 142 cm³/mol. The zero-order valence-electron chi connectivity index (χ0n) is 20.7. The van der Waals surface area contributed by atoms with E-state index in [2.05, 4.69) is 31.3 Å². The number of rotatable bonds is 4. The van der Waals surface area contributed by atoms with Crippen molar-refractivity contribution in [3.8, 4) is 6.07 Å². The highest BCUT2D eigenvalue weighted by molar-refractivity contribution is 7.92. The average Bonchev–Trinajstić information content (AvgIpc) is 3.64. The van der Waals surface area contributed by atoms with Gasteiger partial charge < -0.3 is 20.6 Å². The summed E-state index contributed by atoms with van der Waals surface area (Å²) < 4.78 is 27.1. The minimum atomic E-state index is -3.71. The van der Waals surface area contributed by atoms with Gasteiger partial charge in [0.15, 0.2) is 0 Å². The predicted octanol–water partition coefficient (Wildman–Crippen LogP) is 3.14. The third-order valence-electron chi connectivity index (χ3n) is 7.82. The van der Waals surface area contributed by atoms with Crippen LogP contribution in [-0.2, 0) is 10.0 Å². The first-order valence-electron chi connectivity index (χ1n) is 12.8. The molecule has 11 heteroatoms. The zero-order valence-corrected chi connectivity index (χ0v) is 21.5. The number of benzene rings is 1. The highest BCUT2D eigenvalue weighted by atomic mass is 32.2. The van der Waals surface area contributed by atoms with Crippen molar-refractivity contribution in [2.75, 3.05) is 52.2 Å². The van der Waals surface area contributed by atoms with E-state index in [1.807, 2.05) is 0 Å². The molecule has 2 fully saturated rings. The maximum absolute atomic E-state index is 13.5. The average molecular weight is 525 g/mol. The number of hydrogen-bond acceptors (Lipinski definition) is 8. The molecule has 1 aliphatic carbocycles. The molecule has 0 unspecified atom stereocenters. The fourth-order valence-electron chi connectivity index (χ4n) is 5.61. The molecule has 2 aliphatic heterocycles. The van der Waals surface area contributed by atoms with Crippen LogP contribution >= 0.6 is 0 Å². The van der Waals surface area contributed by atoms with Crippen LogP contribution in [0.3, 0.4) is 0 Å². The quantitative estimate of drug-likeness (QED) is 0.477. The summed E-state index contributed by atoms with van der Waals surface area (Å²) in [5, 5.41) is 24.7. The number of amides is 1. The third-order valence-corrected chi connectivity index (χ3v) is 9.09. The molecule has 3 heterocycles. The van der Waals surface area contributed by atoms with Gasteiger partial charge in [0.25, 0.3) is 5.91 Å². The molecule has 1 saturated carbocycles. The minimum absolute atomic E-state index is 0.327. The smallest absolute Gasteiger partial charge is 0.258 e. The number of pyridine rings is 1. The number of aliphatic hydroxyl groups excluding tert-OH is 1. The molecular weight excluding hydrogens is 492 g/mol. The second kappa shape index (κ2) is 10.2. The number of aromatic nitrogens is 1. The van der Waals surface area contributed by atoms with Crippen molar-refractivity contribution in [3.05, 3.63) is 41.5 Å². The summed E-state index contributed by atoms with van der Waals surface area (Å²) in [6, 6.07) is 10.3. The summed E-state index contributed by atoms with van der Waals surface area (Å²) in [5.74, 6) is 0.505. The molecule has 1 atom stereocenters. The number of nitriles is 1. The Kier molecular flexibility index (Phi) is 6.96. The third kappa shape index (κ3) is 5.50. The topological polar surface area (TPSA) is 147 Å². The van der Waals surface area contributed by atoms with Crippen LogP contribution in [0.25, 0.3) is 0 Å². The molecular formula is C26H32N6O4S. The molecule has 1 spiro atoms. The van der Waals surface area contributed by atoms with E-state index in [0.717, 1.165) is 38.8 Å². The lowest BCUT2D eigenvalue weighted by Gasteiger charge is -2.41. The number of fused-ring (bicyclic) bond motifs is 7. The molecule has 37 heavy (non-hydrogen) atoms. The van der Waals surface area contributed by atoms with Gasteiger partial charge in [-0.2, -0.15) is 5.26 Å². The van der Waals surface area contributed by atoms with E-state index in [4.69, 9.17) is 5.11 Å². The maximum Gasteiger partial charge on any atom is 0.258 e. The van der Waals surface area contributed by atoms with E-state index < -0.39 is 22.4 Å². The van der Waals surface area contributed by atoms with Gasteiger partial charge in [0.1, 0.15) is 17.7 Å². The van der Waals surface area contributed by atoms with Gasteiger partial charge in [-0.15, -0.1) is 0 Å². The second-order valence-electron chi connectivity index (χ2n) is 10.2. The van der Waals surface area contributed by atoms with E-state index >= 15 is 0 Å². The lowest BCUT2D eigenvalue weighted by molar-refractivity contribution is 0.102. The number of piperidine rings is 1. The van der Waals surface area contributed by atoms with Crippen molar-refractivity contribution in [3.63, 3.8) is 0 Å².